The number of benzene rings is 1. The Morgan fingerprint density at radius 1 is 1.04 bits per heavy atom. The second-order valence-corrected chi connectivity index (χ2v) is 5.52. The Bertz CT molecular complexity index is 990. The molecule has 6 nitrogen and oxygen atoms in total. The maximum absolute atomic E-state index is 8.89. The van der Waals surface area contributed by atoms with Gasteiger partial charge in [0, 0.05) is 30.3 Å². The zero-order valence-corrected chi connectivity index (χ0v) is 13.1. The van der Waals surface area contributed by atoms with Crippen molar-refractivity contribution in [3.63, 3.8) is 0 Å². The van der Waals surface area contributed by atoms with Crippen molar-refractivity contribution in [3.05, 3.63) is 54.9 Å². The molecule has 4 rings (SSSR count). The third-order valence-corrected chi connectivity index (χ3v) is 3.91. The average molecular weight is 319 g/mol. The van der Waals surface area contributed by atoms with E-state index in [1.54, 1.807) is 6.20 Å². The fraction of sp³-hybridized carbons (Fsp3) is 0.167. The number of nitrogens with zero attached hydrogens (tertiary/aromatic N) is 4. The molecule has 0 atom stereocenters. The Kier molecular flexibility index (Phi) is 3.80. The summed E-state index contributed by atoms with van der Waals surface area (Å²) in [7, 11) is 0. The van der Waals surface area contributed by atoms with Crippen molar-refractivity contribution in [2.75, 3.05) is 18.5 Å². The van der Waals surface area contributed by atoms with Gasteiger partial charge in [0.15, 0.2) is 5.65 Å². The Morgan fingerprint density at radius 2 is 1.96 bits per heavy atom. The van der Waals surface area contributed by atoms with Gasteiger partial charge in [-0.15, -0.1) is 5.10 Å². The number of pyridine rings is 1. The fourth-order valence-electron chi connectivity index (χ4n) is 2.76. The molecule has 120 valence electrons. The van der Waals surface area contributed by atoms with Crippen LogP contribution in [0.2, 0.25) is 0 Å². The molecule has 2 N–H and O–H groups in total. The first kappa shape index (κ1) is 14.6. The monoisotopic (exact) mass is 319 g/mol. The molecule has 0 unspecified atom stereocenters. The van der Waals surface area contributed by atoms with Crippen molar-refractivity contribution in [1.82, 2.24) is 19.6 Å². The maximum Gasteiger partial charge on any atom is 0.154 e. The molecule has 0 fully saturated rings. The third-order valence-electron chi connectivity index (χ3n) is 3.91. The van der Waals surface area contributed by atoms with Crippen LogP contribution >= 0.6 is 0 Å². The molecule has 24 heavy (non-hydrogen) atoms. The van der Waals surface area contributed by atoms with Crippen molar-refractivity contribution in [1.29, 1.82) is 0 Å². The Labute approximate surface area is 138 Å². The minimum atomic E-state index is 0.160. The van der Waals surface area contributed by atoms with Crippen molar-refractivity contribution < 1.29 is 5.11 Å². The molecule has 0 aliphatic heterocycles. The average Bonchev–Trinajstić information content (AvgIpc) is 3.04. The van der Waals surface area contributed by atoms with Crippen LogP contribution in [0.5, 0.6) is 0 Å². The summed E-state index contributed by atoms with van der Waals surface area (Å²) in [6.45, 7) is 0.835. The smallest absolute Gasteiger partial charge is 0.154 e. The summed E-state index contributed by atoms with van der Waals surface area (Å²) < 4.78 is 1.82. The summed E-state index contributed by atoms with van der Waals surface area (Å²) in [6.07, 6.45) is 4.30. The minimum absolute atomic E-state index is 0.160. The molecule has 0 amide bonds. The number of anilines is 1. The van der Waals surface area contributed by atoms with Crippen molar-refractivity contribution in [2.45, 2.75) is 6.42 Å². The third kappa shape index (κ3) is 2.57. The van der Waals surface area contributed by atoms with E-state index in [9.17, 15) is 0 Å². The lowest BCUT2D eigenvalue weighted by Gasteiger charge is -2.07. The summed E-state index contributed by atoms with van der Waals surface area (Å²) in [5.74, 6) is 0.753. The van der Waals surface area contributed by atoms with Gasteiger partial charge in [-0.05, 0) is 24.6 Å². The predicted octanol–water partition coefficient (Wildman–Crippen LogP) is 2.74. The topological polar surface area (TPSA) is 75.3 Å². The molecule has 6 heteroatoms. The highest BCUT2D eigenvalue weighted by Crippen LogP contribution is 2.27. The van der Waals surface area contributed by atoms with Crippen LogP contribution in [0.1, 0.15) is 6.42 Å². The van der Waals surface area contributed by atoms with Crippen molar-refractivity contribution in [3.8, 4) is 11.3 Å². The van der Waals surface area contributed by atoms with Crippen molar-refractivity contribution in [2.24, 2.45) is 0 Å². The predicted molar refractivity (Wildman–Crippen MR) is 93.9 cm³/mol. The highest BCUT2D eigenvalue weighted by molar-refractivity contribution is 5.92. The Balaban J connectivity index is 1.82. The number of aromatic nitrogens is 4. The number of aliphatic hydroxyl groups excluding tert-OH is 1. The molecule has 4 aromatic rings. The molecule has 0 saturated carbocycles. The normalized spacial score (nSPS) is 11.2. The minimum Gasteiger partial charge on any atom is -0.396 e. The van der Waals surface area contributed by atoms with Gasteiger partial charge < -0.3 is 10.4 Å². The van der Waals surface area contributed by atoms with Gasteiger partial charge in [0.2, 0.25) is 0 Å². The Hall–Kier alpha value is -2.99. The molecule has 0 aliphatic rings. The summed E-state index contributed by atoms with van der Waals surface area (Å²) in [4.78, 5) is 8.96. The number of rotatable bonds is 5. The Morgan fingerprint density at radius 3 is 2.88 bits per heavy atom. The van der Waals surface area contributed by atoms with E-state index in [-0.39, 0.29) is 6.61 Å². The van der Waals surface area contributed by atoms with E-state index in [0.717, 1.165) is 33.6 Å². The molecule has 0 radical (unpaired) electrons. The molecular weight excluding hydrogens is 302 g/mol. The number of hydrogen-bond donors (Lipinski definition) is 2. The van der Waals surface area contributed by atoms with Gasteiger partial charge in [-0.25, -0.2) is 9.50 Å². The molecule has 0 bridgehead atoms. The van der Waals surface area contributed by atoms with Gasteiger partial charge in [-0.1, -0.05) is 24.3 Å². The summed E-state index contributed by atoms with van der Waals surface area (Å²) in [5.41, 5.74) is 3.62. The van der Waals surface area contributed by atoms with Crippen LogP contribution in [0, 0.1) is 0 Å². The zero-order valence-electron chi connectivity index (χ0n) is 13.1. The quantitative estimate of drug-likeness (QED) is 0.553. The first-order valence-corrected chi connectivity index (χ1v) is 7.90. The van der Waals surface area contributed by atoms with E-state index >= 15 is 0 Å². The lowest BCUT2D eigenvalue weighted by molar-refractivity contribution is 0.292. The maximum atomic E-state index is 8.89. The van der Waals surface area contributed by atoms with E-state index in [0.29, 0.717) is 13.0 Å². The number of para-hydroxylation sites is 1. The van der Waals surface area contributed by atoms with E-state index in [1.807, 2.05) is 53.2 Å². The SMILES string of the molecule is OCCCNc1ccc2ncc(-c3cccc4cccnc34)n2n1. The van der Waals surface area contributed by atoms with Gasteiger partial charge in [0.25, 0.3) is 0 Å². The molecule has 3 aromatic heterocycles. The molecular formula is C18H17N5O. The van der Waals surface area contributed by atoms with Crippen LogP contribution in [0.4, 0.5) is 5.82 Å². The first-order chi connectivity index (χ1) is 11.9. The van der Waals surface area contributed by atoms with Gasteiger partial charge in [-0.3, -0.25) is 4.98 Å². The van der Waals surface area contributed by atoms with E-state index < -0.39 is 0 Å². The molecule has 0 saturated heterocycles. The van der Waals surface area contributed by atoms with Crippen LogP contribution in [0.3, 0.4) is 0 Å². The second-order valence-electron chi connectivity index (χ2n) is 5.52. The molecule has 0 spiro atoms. The van der Waals surface area contributed by atoms with E-state index in [1.165, 1.54) is 0 Å². The zero-order chi connectivity index (χ0) is 16.4. The van der Waals surface area contributed by atoms with Crippen LogP contribution in [0.25, 0.3) is 27.8 Å². The lowest BCUT2D eigenvalue weighted by Crippen LogP contribution is -2.07. The highest BCUT2D eigenvalue weighted by Gasteiger charge is 2.11. The number of fused-ring (bicyclic) bond motifs is 2. The molecule has 3 heterocycles. The molecule has 0 aliphatic carbocycles. The van der Waals surface area contributed by atoms with Crippen LogP contribution < -0.4 is 5.32 Å². The molecule has 1 aromatic carbocycles. The van der Waals surface area contributed by atoms with Gasteiger partial charge in [0.1, 0.15) is 5.82 Å². The highest BCUT2D eigenvalue weighted by atomic mass is 16.3. The summed E-state index contributed by atoms with van der Waals surface area (Å²) in [5, 5.41) is 17.8. The van der Waals surface area contributed by atoms with Crippen molar-refractivity contribution >= 4 is 22.4 Å². The first-order valence-electron chi connectivity index (χ1n) is 7.90. The van der Waals surface area contributed by atoms with E-state index in [4.69, 9.17) is 5.11 Å². The number of nitrogens with one attached hydrogen (secondary N) is 1. The van der Waals surface area contributed by atoms with Crippen LogP contribution in [-0.4, -0.2) is 37.8 Å². The second kappa shape index (κ2) is 6.25. The standard InChI is InChI=1S/C18H17N5O/c24-11-3-10-19-16-7-8-17-21-12-15(23(17)22-16)14-6-1-4-13-5-2-9-20-18(13)14/h1-2,4-9,12,24H,3,10-11H2,(H,19,22). The largest absolute Gasteiger partial charge is 0.396 e. The van der Waals surface area contributed by atoms with Gasteiger partial charge in [-0.2, -0.15) is 0 Å². The van der Waals surface area contributed by atoms with Crippen LogP contribution in [0.15, 0.2) is 54.9 Å². The summed E-state index contributed by atoms with van der Waals surface area (Å²) >= 11 is 0. The number of imidazole rings is 1. The number of hydrogen-bond acceptors (Lipinski definition) is 5. The number of aliphatic hydroxyl groups is 1. The summed E-state index contributed by atoms with van der Waals surface area (Å²) in [6, 6.07) is 13.9. The van der Waals surface area contributed by atoms with E-state index in [2.05, 4.69) is 20.4 Å². The van der Waals surface area contributed by atoms with Crippen LogP contribution in [-0.2, 0) is 0 Å². The van der Waals surface area contributed by atoms with Gasteiger partial charge >= 0.3 is 0 Å². The lowest BCUT2D eigenvalue weighted by atomic mass is 10.1. The van der Waals surface area contributed by atoms with Gasteiger partial charge in [0.05, 0.1) is 17.4 Å². The fourth-order valence-corrected chi connectivity index (χ4v) is 2.76.